The molecule has 0 radical (unpaired) electrons. The van der Waals surface area contributed by atoms with Crippen LogP contribution in [0, 0.1) is 27.6 Å². The molecule has 0 fully saturated rings. The Kier molecular flexibility index (Phi) is 4.45. The van der Waals surface area contributed by atoms with Gasteiger partial charge >= 0.3 is 11.8 Å². The highest BCUT2D eigenvalue weighted by Crippen LogP contribution is 2.34. The van der Waals surface area contributed by atoms with Crippen molar-refractivity contribution in [1.82, 2.24) is 0 Å². The van der Waals surface area contributed by atoms with Gasteiger partial charge in [0.15, 0.2) is 5.82 Å². The second kappa shape index (κ2) is 5.58. The summed E-state index contributed by atoms with van der Waals surface area (Å²) in [4.78, 5) is 21.9. The molecule has 0 N–H and O–H groups in total. The number of hydrogen-bond acceptors (Lipinski definition) is 4. The number of rotatable bonds is 2. The molecule has 0 aromatic heterocycles. The summed E-state index contributed by atoms with van der Waals surface area (Å²) in [5, 5.41) is 10.8. The van der Waals surface area contributed by atoms with E-state index < -0.39 is 45.4 Å². The van der Waals surface area contributed by atoms with E-state index in [0.717, 1.165) is 7.05 Å². The van der Waals surface area contributed by atoms with E-state index >= 15 is 0 Å². The first-order valence-corrected chi connectivity index (χ1v) is 5.74. The zero-order chi connectivity index (χ0) is 16.5. The summed E-state index contributed by atoms with van der Waals surface area (Å²) in [6.07, 6.45) is -1.07. The van der Waals surface area contributed by atoms with Crippen molar-refractivity contribution in [3.8, 4) is 0 Å². The summed E-state index contributed by atoms with van der Waals surface area (Å²) in [6.45, 7) is 4.62. The molecular weight excluding hydrogens is 293 g/mol. The number of nitrogens with zero attached hydrogens (tertiary/aromatic N) is 2. The summed E-state index contributed by atoms with van der Waals surface area (Å²) < 4.78 is 44.7. The number of nitro groups is 1. The van der Waals surface area contributed by atoms with E-state index in [-0.39, 0.29) is 0 Å². The number of carbonyl (C=O) groups excluding carboxylic acids is 1. The van der Waals surface area contributed by atoms with Crippen molar-refractivity contribution in [3.05, 3.63) is 33.6 Å². The van der Waals surface area contributed by atoms with Crippen LogP contribution in [0.5, 0.6) is 0 Å². The van der Waals surface area contributed by atoms with Crippen molar-refractivity contribution in [3.63, 3.8) is 0 Å². The van der Waals surface area contributed by atoms with Crippen LogP contribution in [0.15, 0.2) is 6.07 Å². The van der Waals surface area contributed by atoms with Gasteiger partial charge in [-0.3, -0.25) is 15.0 Å². The number of anilines is 1. The SMILES string of the molecule is CN(C(=O)OC(C)(C)C)c1cc(F)c(F)c(F)c1[N+](=O)[O-]. The summed E-state index contributed by atoms with van der Waals surface area (Å²) in [5.74, 6) is -5.61. The van der Waals surface area contributed by atoms with Gasteiger partial charge in [-0.05, 0) is 20.8 Å². The molecule has 9 heteroatoms. The lowest BCUT2D eigenvalue weighted by Crippen LogP contribution is -2.34. The van der Waals surface area contributed by atoms with Crippen molar-refractivity contribution in [2.24, 2.45) is 0 Å². The van der Waals surface area contributed by atoms with Crippen LogP contribution in [0.1, 0.15) is 20.8 Å². The van der Waals surface area contributed by atoms with Gasteiger partial charge in [0, 0.05) is 13.1 Å². The molecule has 6 nitrogen and oxygen atoms in total. The molecule has 0 aliphatic rings. The number of benzene rings is 1. The van der Waals surface area contributed by atoms with E-state index in [0.29, 0.717) is 11.0 Å². The number of ether oxygens (including phenoxy) is 1. The Morgan fingerprint density at radius 2 is 1.81 bits per heavy atom. The Morgan fingerprint density at radius 1 is 1.29 bits per heavy atom. The molecule has 0 aliphatic carbocycles. The van der Waals surface area contributed by atoms with Crippen molar-refractivity contribution < 1.29 is 27.6 Å². The predicted molar refractivity (Wildman–Crippen MR) is 67.6 cm³/mol. The molecule has 1 aromatic rings. The maximum Gasteiger partial charge on any atom is 0.414 e. The van der Waals surface area contributed by atoms with Crippen LogP contribution in [-0.4, -0.2) is 23.7 Å². The van der Waals surface area contributed by atoms with Gasteiger partial charge < -0.3 is 4.74 Å². The minimum absolute atomic E-state index is 0.362. The lowest BCUT2D eigenvalue weighted by Gasteiger charge is -2.24. The number of hydrogen-bond donors (Lipinski definition) is 0. The van der Waals surface area contributed by atoms with E-state index in [4.69, 9.17) is 4.74 Å². The van der Waals surface area contributed by atoms with E-state index in [1.54, 1.807) is 20.8 Å². The van der Waals surface area contributed by atoms with Crippen LogP contribution >= 0.6 is 0 Å². The lowest BCUT2D eigenvalue weighted by atomic mass is 10.2. The predicted octanol–water partition coefficient (Wildman–Crippen LogP) is 3.38. The molecule has 1 amide bonds. The van der Waals surface area contributed by atoms with E-state index in [1.807, 2.05) is 0 Å². The van der Waals surface area contributed by atoms with Gasteiger partial charge in [-0.25, -0.2) is 13.6 Å². The highest BCUT2D eigenvalue weighted by Gasteiger charge is 2.32. The first kappa shape index (κ1) is 16.7. The third-order valence-electron chi connectivity index (χ3n) is 2.33. The topological polar surface area (TPSA) is 72.7 Å². The molecule has 0 saturated heterocycles. The van der Waals surface area contributed by atoms with Crippen molar-refractivity contribution in [2.75, 3.05) is 11.9 Å². The summed E-state index contributed by atoms with van der Waals surface area (Å²) in [5.41, 5.74) is -3.01. The number of halogens is 3. The monoisotopic (exact) mass is 306 g/mol. The highest BCUT2D eigenvalue weighted by molar-refractivity contribution is 5.90. The molecule has 0 saturated carbocycles. The summed E-state index contributed by atoms with van der Waals surface area (Å²) in [7, 11) is 1.02. The van der Waals surface area contributed by atoms with Crippen LogP contribution < -0.4 is 4.90 Å². The molecule has 0 unspecified atom stereocenters. The van der Waals surface area contributed by atoms with Crippen molar-refractivity contribution in [2.45, 2.75) is 26.4 Å². The van der Waals surface area contributed by atoms with Crippen LogP contribution in [0.2, 0.25) is 0 Å². The third-order valence-corrected chi connectivity index (χ3v) is 2.33. The zero-order valence-electron chi connectivity index (χ0n) is 11.7. The van der Waals surface area contributed by atoms with Crippen LogP contribution in [-0.2, 0) is 4.74 Å². The summed E-state index contributed by atoms with van der Waals surface area (Å²) >= 11 is 0. The Morgan fingerprint density at radius 3 is 2.24 bits per heavy atom. The second-order valence-corrected chi connectivity index (χ2v) is 5.15. The zero-order valence-corrected chi connectivity index (χ0v) is 11.7. The highest BCUT2D eigenvalue weighted by atomic mass is 19.2. The maximum atomic E-state index is 13.5. The summed E-state index contributed by atoms with van der Waals surface area (Å²) in [6, 6.07) is 0.362. The minimum Gasteiger partial charge on any atom is -0.443 e. The van der Waals surface area contributed by atoms with Crippen LogP contribution in [0.25, 0.3) is 0 Å². The molecule has 21 heavy (non-hydrogen) atoms. The van der Waals surface area contributed by atoms with Gasteiger partial charge in [-0.1, -0.05) is 0 Å². The molecular formula is C12H13F3N2O4. The van der Waals surface area contributed by atoms with Gasteiger partial charge in [0.05, 0.1) is 4.92 Å². The van der Waals surface area contributed by atoms with Gasteiger partial charge in [0.25, 0.3) is 0 Å². The van der Waals surface area contributed by atoms with Gasteiger partial charge in [0.2, 0.25) is 11.6 Å². The minimum atomic E-state index is -1.98. The van der Waals surface area contributed by atoms with Crippen LogP contribution in [0.3, 0.4) is 0 Å². The Labute approximate surface area is 118 Å². The van der Waals surface area contributed by atoms with Crippen LogP contribution in [0.4, 0.5) is 29.3 Å². The molecule has 1 aromatic carbocycles. The number of carbonyl (C=O) groups is 1. The molecule has 0 bridgehead atoms. The third kappa shape index (κ3) is 3.61. The Bertz CT molecular complexity index is 599. The molecule has 1 rings (SSSR count). The van der Waals surface area contributed by atoms with E-state index in [1.165, 1.54) is 0 Å². The van der Waals surface area contributed by atoms with Crippen molar-refractivity contribution in [1.29, 1.82) is 0 Å². The number of amides is 1. The number of nitro benzene ring substituents is 1. The molecule has 0 atom stereocenters. The molecule has 116 valence electrons. The van der Waals surface area contributed by atoms with Gasteiger partial charge in [-0.2, -0.15) is 4.39 Å². The normalized spacial score (nSPS) is 11.2. The van der Waals surface area contributed by atoms with Gasteiger partial charge in [-0.15, -0.1) is 0 Å². The molecule has 0 heterocycles. The van der Waals surface area contributed by atoms with Gasteiger partial charge in [0.1, 0.15) is 11.3 Å². The molecule has 0 aliphatic heterocycles. The van der Waals surface area contributed by atoms with E-state index in [9.17, 15) is 28.1 Å². The fourth-order valence-corrected chi connectivity index (χ4v) is 1.43. The average Bonchev–Trinajstić information content (AvgIpc) is 2.31. The average molecular weight is 306 g/mol. The fourth-order valence-electron chi connectivity index (χ4n) is 1.43. The smallest absolute Gasteiger partial charge is 0.414 e. The first-order valence-electron chi connectivity index (χ1n) is 5.74. The van der Waals surface area contributed by atoms with Crippen molar-refractivity contribution >= 4 is 17.5 Å². The molecule has 0 spiro atoms. The Balaban J connectivity index is 3.36. The Hall–Kier alpha value is -2.32. The maximum absolute atomic E-state index is 13.5. The lowest BCUT2D eigenvalue weighted by molar-refractivity contribution is -0.387. The quantitative estimate of drug-likeness (QED) is 0.477. The van der Waals surface area contributed by atoms with E-state index in [2.05, 4.69) is 0 Å². The standard InChI is InChI=1S/C12H13F3N2O4/c1-12(2,3)21-11(18)16(4)7-5-6(13)8(14)9(15)10(7)17(19)20/h5H,1-4H3. The second-order valence-electron chi connectivity index (χ2n) is 5.15. The first-order chi connectivity index (χ1) is 9.45. The largest absolute Gasteiger partial charge is 0.443 e. The fraction of sp³-hybridized carbons (Fsp3) is 0.417.